The molecular weight excluding hydrogens is 376 g/mol. The zero-order chi connectivity index (χ0) is 19.9. The van der Waals surface area contributed by atoms with Gasteiger partial charge in [0.2, 0.25) is 0 Å². The lowest BCUT2D eigenvalue weighted by atomic mass is 9.48. The summed E-state index contributed by atoms with van der Waals surface area (Å²) in [6, 6.07) is 5.23. The van der Waals surface area contributed by atoms with Gasteiger partial charge in [0.15, 0.2) is 18.1 Å². The lowest BCUT2D eigenvalue weighted by molar-refractivity contribution is -0.127. The van der Waals surface area contributed by atoms with E-state index in [0.29, 0.717) is 17.1 Å². The van der Waals surface area contributed by atoms with Crippen LogP contribution < -0.4 is 14.8 Å². The molecule has 1 N–H and O–H groups in total. The van der Waals surface area contributed by atoms with Crippen molar-refractivity contribution >= 4 is 17.5 Å². The highest BCUT2D eigenvalue weighted by molar-refractivity contribution is 6.32. The van der Waals surface area contributed by atoms with Crippen LogP contribution in [0.3, 0.4) is 0 Å². The summed E-state index contributed by atoms with van der Waals surface area (Å²) in [5, 5.41) is 12.5. The molecule has 28 heavy (non-hydrogen) atoms. The lowest BCUT2D eigenvalue weighted by Crippen LogP contribution is -2.56. The number of carbonyl (C=O) groups excluding carboxylic acids is 1. The summed E-state index contributed by atoms with van der Waals surface area (Å²) in [4.78, 5) is 12.6. The molecule has 6 heteroatoms. The maximum atomic E-state index is 12.6. The Kier molecular flexibility index (Phi) is 5.18. The Labute approximate surface area is 171 Å². The lowest BCUT2D eigenvalue weighted by Gasteiger charge is -2.59. The smallest absolute Gasteiger partial charge is 0.258 e. The van der Waals surface area contributed by atoms with E-state index < -0.39 is 0 Å². The Balaban J connectivity index is 1.38. The summed E-state index contributed by atoms with van der Waals surface area (Å²) in [5.74, 6) is 3.05. The van der Waals surface area contributed by atoms with Crippen LogP contribution in [0.1, 0.15) is 51.0 Å². The summed E-state index contributed by atoms with van der Waals surface area (Å²) >= 11 is 6.20. The molecule has 150 valence electrons. The van der Waals surface area contributed by atoms with Crippen molar-refractivity contribution in [3.05, 3.63) is 22.7 Å². The minimum Gasteiger partial charge on any atom is -0.493 e. The average molecular weight is 403 g/mol. The van der Waals surface area contributed by atoms with E-state index in [1.807, 2.05) is 6.07 Å². The summed E-state index contributed by atoms with van der Waals surface area (Å²) in [7, 11) is 1.48. The molecule has 4 aliphatic carbocycles. The summed E-state index contributed by atoms with van der Waals surface area (Å²) in [6.45, 7) is 2.03. The molecule has 0 saturated heterocycles. The summed E-state index contributed by atoms with van der Waals surface area (Å²) in [5.41, 5.74) is 0.642. The van der Waals surface area contributed by atoms with Gasteiger partial charge in [0, 0.05) is 12.1 Å². The molecule has 4 aliphatic rings. The van der Waals surface area contributed by atoms with Gasteiger partial charge in [-0.15, -0.1) is 0 Å². The molecule has 1 atom stereocenters. The third-order valence-corrected chi connectivity index (χ3v) is 7.37. The normalized spacial score (nSPS) is 31.1. The summed E-state index contributed by atoms with van der Waals surface area (Å²) < 4.78 is 10.9. The summed E-state index contributed by atoms with van der Waals surface area (Å²) in [6.07, 6.45) is 7.91. The number of nitriles is 1. The maximum absolute atomic E-state index is 12.6. The van der Waals surface area contributed by atoms with Crippen LogP contribution in [0.5, 0.6) is 11.5 Å². The van der Waals surface area contributed by atoms with Crippen molar-refractivity contribution < 1.29 is 14.3 Å². The number of nitrogens with one attached hydrogen (secondary N) is 1. The Morgan fingerprint density at radius 1 is 1.29 bits per heavy atom. The number of methoxy groups -OCH3 is 1. The fraction of sp³-hybridized carbons (Fsp3) is 0.636. The molecule has 4 fully saturated rings. The van der Waals surface area contributed by atoms with Gasteiger partial charge in [-0.1, -0.05) is 11.6 Å². The van der Waals surface area contributed by atoms with Crippen LogP contribution in [0.2, 0.25) is 5.02 Å². The van der Waals surface area contributed by atoms with Crippen LogP contribution in [0.25, 0.3) is 0 Å². The van der Waals surface area contributed by atoms with Crippen LogP contribution in [-0.4, -0.2) is 25.7 Å². The highest BCUT2D eigenvalue weighted by atomic mass is 35.5. The SMILES string of the molecule is COc1cc(C#N)cc(Cl)c1OCC(=O)N[C@@H](C)C12CC3CC(CC(C3)C1)C2. The van der Waals surface area contributed by atoms with E-state index >= 15 is 0 Å². The Morgan fingerprint density at radius 3 is 2.43 bits per heavy atom. The number of ether oxygens (including phenoxy) is 2. The Bertz CT molecular complexity index is 781. The van der Waals surface area contributed by atoms with Gasteiger partial charge >= 0.3 is 0 Å². The molecule has 0 unspecified atom stereocenters. The number of rotatable bonds is 6. The monoisotopic (exact) mass is 402 g/mol. The molecular formula is C22H27ClN2O3. The van der Waals surface area contributed by atoms with E-state index in [4.69, 9.17) is 26.3 Å². The van der Waals surface area contributed by atoms with Gasteiger partial charge in [-0.2, -0.15) is 5.26 Å². The van der Waals surface area contributed by atoms with E-state index in [9.17, 15) is 4.79 Å². The van der Waals surface area contributed by atoms with Crippen molar-refractivity contribution in [1.82, 2.24) is 5.32 Å². The first-order valence-electron chi connectivity index (χ1n) is 10.1. The van der Waals surface area contributed by atoms with Crippen molar-refractivity contribution in [2.75, 3.05) is 13.7 Å². The molecule has 4 bridgehead atoms. The molecule has 5 rings (SSSR count). The van der Waals surface area contributed by atoms with E-state index in [-0.39, 0.29) is 29.0 Å². The van der Waals surface area contributed by atoms with Gasteiger partial charge in [-0.3, -0.25) is 4.79 Å². The van der Waals surface area contributed by atoms with Crippen LogP contribution >= 0.6 is 11.6 Å². The second kappa shape index (κ2) is 7.48. The highest BCUT2D eigenvalue weighted by Crippen LogP contribution is 2.61. The predicted molar refractivity (Wildman–Crippen MR) is 106 cm³/mol. The van der Waals surface area contributed by atoms with Gasteiger partial charge in [-0.25, -0.2) is 0 Å². The minimum atomic E-state index is -0.147. The average Bonchev–Trinajstić information content (AvgIpc) is 2.65. The van der Waals surface area contributed by atoms with Crippen molar-refractivity contribution in [1.29, 1.82) is 5.26 Å². The third kappa shape index (κ3) is 3.55. The molecule has 4 saturated carbocycles. The van der Waals surface area contributed by atoms with Crippen LogP contribution in [0, 0.1) is 34.5 Å². The van der Waals surface area contributed by atoms with E-state index in [1.54, 1.807) is 6.07 Å². The molecule has 5 nitrogen and oxygen atoms in total. The maximum Gasteiger partial charge on any atom is 0.258 e. The van der Waals surface area contributed by atoms with Crippen LogP contribution in [-0.2, 0) is 4.79 Å². The Morgan fingerprint density at radius 2 is 1.89 bits per heavy atom. The number of hydrogen-bond acceptors (Lipinski definition) is 4. The van der Waals surface area contributed by atoms with Gasteiger partial charge in [0.1, 0.15) is 0 Å². The van der Waals surface area contributed by atoms with Gasteiger partial charge in [-0.05, 0) is 74.7 Å². The highest BCUT2D eigenvalue weighted by Gasteiger charge is 2.53. The number of amides is 1. The standard InChI is InChI=1S/C22H27ClN2O3/c1-13(22-8-14-3-15(9-22)5-16(4-14)10-22)25-20(26)12-28-21-18(23)6-17(11-24)7-19(21)27-2/h6-7,13-16H,3-5,8-10,12H2,1-2H3,(H,25,26)/t13-,14?,15?,16?,22?/m0/s1. The largest absolute Gasteiger partial charge is 0.493 e. The van der Waals surface area contributed by atoms with E-state index in [0.717, 1.165) is 17.8 Å². The number of nitrogens with zero attached hydrogens (tertiary/aromatic N) is 1. The van der Waals surface area contributed by atoms with Gasteiger partial charge < -0.3 is 14.8 Å². The molecule has 0 radical (unpaired) electrons. The third-order valence-electron chi connectivity index (χ3n) is 7.09. The molecule has 1 amide bonds. The molecule has 0 spiro atoms. The number of halogens is 1. The second-order valence-corrected chi connectivity index (χ2v) is 9.37. The molecule has 1 aromatic carbocycles. The molecule has 0 aromatic heterocycles. The van der Waals surface area contributed by atoms with Crippen molar-refractivity contribution in [2.24, 2.45) is 23.2 Å². The van der Waals surface area contributed by atoms with Gasteiger partial charge in [0.25, 0.3) is 5.91 Å². The number of hydrogen-bond donors (Lipinski definition) is 1. The topological polar surface area (TPSA) is 71.3 Å². The van der Waals surface area contributed by atoms with E-state index in [1.165, 1.54) is 51.7 Å². The predicted octanol–water partition coefficient (Wildman–Crippen LogP) is 4.32. The number of carbonyl (C=O) groups is 1. The molecule has 0 aliphatic heterocycles. The van der Waals surface area contributed by atoms with Crippen molar-refractivity contribution in [2.45, 2.75) is 51.5 Å². The quantitative estimate of drug-likeness (QED) is 0.769. The minimum absolute atomic E-state index is 0.126. The fourth-order valence-electron chi connectivity index (χ4n) is 6.21. The second-order valence-electron chi connectivity index (χ2n) is 8.96. The van der Waals surface area contributed by atoms with E-state index in [2.05, 4.69) is 12.2 Å². The van der Waals surface area contributed by atoms with Crippen molar-refractivity contribution in [3.8, 4) is 17.6 Å². The number of benzene rings is 1. The Hall–Kier alpha value is -1.93. The zero-order valence-electron chi connectivity index (χ0n) is 16.5. The first kappa shape index (κ1) is 19.4. The fourth-order valence-corrected chi connectivity index (χ4v) is 6.47. The molecule has 0 heterocycles. The zero-order valence-corrected chi connectivity index (χ0v) is 17.2. The van der Waals surface area contributed by atoms with Crippen LogP contribution in [0.15, 0.2) is 12.1 Å². The first-order valence-corrected chi connectivity index (χ1v) is 10.5. The first-order chi connectivity index (χ1) is 13.4. The molecule has 1 aromatic rings. The van der Waals surface area contributed by atoms with Crippen LogP contribution in [0.4, 0.5) is 0 Å². The van der Waals surface area contributed by atoms with Gasteiger partial charge in [0.05, 0.1) is 23.8 Å². The van der Waals surface area contributed by atoms with Crippen molar-refractivity contribution in [3.63, 3.8) is 0 Å².